The molecule has 0 amide bonds. The van der Waals surface area contributed by atoms with Gasteiger partial charge in [-0.3, -0.25) is 0 Å². The van der Waals surface area contributed by atoms with Crippen molar-refractivity contribution in [3.8, 4) is 5.88 Å². The van der Waals surface area contributed by atoms with E-state index in [4.69, 9.17) is 4.74 Å². The molecule has 0 bridgehead atoms. The largest absolute Gasteiger partial charge is 0.473 e. The van der Waals surface area contributed by atoms with E-state index in [0.29, 0.717) is 12.0 Å². The predicted molar refractivity (Wildman–Crippen MR) is 62.3 cm³/mol. The highest BCUT2D eigenvalue weighted by Crippen LogP contribution is 2.21. The summed E-state index contributed by atoms with van der Waals surface area (Å²) < 4.78 is 5.79. The molecule has 1 heterocycles. The normalized spacial score (nSPS) is 17.3. The first kappa shape index (κ1) is 11.3. The Morgan fingerprint density at radius 3 is 2.69 bits per heavy atom. The van der Waals surface area contributed by atoms with Crippen molar-refractivity contribution < 1.29 is 4.74 Å². The average Bonchev–Trinajstić information content (AvgIpc) is 2.33. The number of hydrogen-bond acceptors (Lipinski definition) is 4. The van der Waals surface area contributed by atoms with Crippen LogP contribution in [0.4, 0.5) is 0 Å². The van der Waals surface area contributed by atoms with Gasteiger partial charge in [-0.2, -0.15) is 5.10 Å². The Kier molecular flexibility index (Phi) is 4.10. The summed E-state index contributed by atoms with van der Waals surface area (Å²) in [6.45, 7) is 0.747. The molecular formula is C12H19N3O. The zero-order chi connectivity index (χ0) is 11.2. The minimum Gasteiger partial charge on any atom is -0.473 e. The van der Waals surface area contributed by atoms with Gasteiger partial charge in [0.25, 0.3) is 0 Å². The van der Waals surface area contributed by atoms with E-state index in [-0.39, 0.29) is 0 Å². The summed E-state index contributed by atoms with van der Waals surface area (Å²) in [5.41, 5.74) is 0.943. The molecule has 0 saturated heterocycles. The van der Waals surface area contributed by atoms with Gasteiger partial charge in [0.2, 0.25) is 5.88 Å². The Morgan fingerprint density at radius 1 is 1.25 bits per heavy atom. The highest BCUT2D eigenvalue weighted by Gasteiger charge is 2.15. The molecule has 2 rings (SSSR count). The van der Waals surface area contributed by atoms with Gasteiger partial charge >= 0.3 is 0 Å². The topological polar surface area (TPSA) is 47.0 Å². The van der Waals surface area contributed by atoms with Crippen LogP contribution in [-0.2, 0) is 6.54 Å². The van der Waals surface area contributed by atoms with Gasteiger partial charge in [-0.05, 0) is 38.8 Å². The fraction of sp³-hybridized carbons (Fsp3) is 0.667. The SMILES string of the molecule is CNCc1ccc(OC2CCCCC2)nn1. The second kappa shape index (κ2) is 5.80. The van der Waals surface area contributed by atoms with Crippen LogP contribution in [0.5, 0.6) is 5.88 Å². The second-order valence-electron chi connectivity index (χ2n) is 4.27. The van der Waals surface area contributed by atoms with Crippen LogP contribution >= 0.6 is 0 Å². The van der Waals surface area contributed by atoms with Gasteiger partial charge in [0.1, 0.15) is 6.10 Å². The Bertz CT molecular complexity index is 307. The quantitative estimate of drug-likeness (QED) is 0.843. The van der Waals surface area contributed by atoms with E-state index in [1.54, 1.807) is 0 Å². The lowest BCUT2D eigenvalue weighted by Crippen LogP contribution is -2.20. The lowest BCUT2D eigenvalue weighted by molar-refractivity contribution is 0.147. The maximum absolute atomic E-state index is 5.79. The molecule has 88 valence electrons. The first-order valence-electron chi connectivity index (χ1n) is 6.02. The van der Waals surface area contributed by atoms with Crippen LogP contribution in [0.15, 0.2) is 12.1 Å². The van der Waals surface area contributed by atoms with Gasteiger partial charge in [-0.15, -0.1) is 5.10 Å². The molecule has 0 aliphatic heterocycles. The Morgan fingerprint density at radius 2 is 2.06 bits per heavy atom. The number of nitrogens with zero attached hydrogens (tertiary/aromatic N) is 2. The standard InChI is InChI=1S/C12H19N3O/c1-13-9-10-7-8-12(15-14-10)16-11-5-3-2-4-6-11/h7-8,11,13H,2-6,9H2,1H3. The third-order valence-corrected chi connectivity index (χ3v) is 2.89. The number of ether oxygens (including phenoxy) is 1. The van der Waals surface area contributed by atoms with Crippen molar-refractivity contribution in [3.05, 3.63) is 17.8 Å². The maximum atomic E-state index is 5.79. The Balaban J connectivity index is 1.88. The molecular weight excluding hydrogens is 202 g/mol. The van der Waals surface area contributed by atoms with Crippen LogP contribution in [0.2, 0.25) is 0 Å². The summed E-state index contributed by atoms with van der Waals surface area (Å²) in [6, 6.07) is 3.87. The monoisotopic (exact) mass is 221 g/mol. The van der Waals surface area contributed by atoms with E-state index in [1.807, 2.05) is 19.2 Å². The second-order valence-corrected chi connectivity index (χ2v) is 4.27. The minimum absolute atomic E-state index is 0.346. The van der Waals surface area contributed by atoms with Crippen molar-refractivity contribution in [2.24, 2.45) is 0 Å². The van der Waals surface area contributed by atoms with E-state index in [2.05, 4.69) is 15.5 Å². The van der Waals surface area contributed by atoms with E-state index in [9.17, 15) is 0 Å². The van der Waals surface area contributed by atoms with Gasteiger partial charge in [0.15, 0.2) is 0 Å². The van der Waals surface area contributed by atoms with Crippen LogP contribution in [0.25, 0.3) is 0 Å². The summed E-state index contributed by atoms with van der Waals surface area (Å²) >= 11 is 0. The van der Waals surface area contributed by atoms with E-state index < -0.39 is 0 Å². The van der Waals surface area contributed by atoms with Crippen molar-refractivity contribution in [1.29, 1.82) is 0 Å². The van der Waals surface area contributed by atoms with Crippen molar-refractivity contribution >= 4 is 0 Å². The molecule has 1 saturated carbocycles. The molecule has 4 heteroatoms. The number of hydrogen-bond donors (Lipinski definition) is 1. The van der Waals surface area contributed by atoms with Gasteiger partial charge in [0.05, 0.1) is 5.69 Å². The van der Waals surface area contributed by atoms with E-state index >= 15 is 0 Å². The summed E-state index contributed by atoms with van der Waals surface area (Å²) in [7, 11) is 1.90. The Labute approximate surface area is 96.4 Å². The molecule has 1 fully saturated rings. The first-order valence-corrected chi connectivity index (χ1v) is 6.02. The van der Waals surface area contributed by atoms with Crippen LogP contribution in [0, 0.1) is 0 Å². The molecule has 1 aliphatic carbocycles. The molecule has 0 radical (unpaired) electrons. The highest BCUT2D eigenvalue weighted by atomic mass is 16.5. The molecule has 0 atom stereocenters. The molecule has 1 aliphatic rings. The fourth-order valence-electron chi connectivity index (χ4n) is 2.04. The third kappa shape index (κ3) is 3.17. The Hall–Kier alpha value is -1.16. The zero-order valence-electron chi connectivity index (χ0n) is 9.78. The smallest absolute Gasteiger partial charge is 0.233 e. The van der Waals surface area contributed by atoms with E-state index in [0.717, 1.165) is 25.1 Å². The van der Waals surface area contributed by atoms with Crippen molar-refractivity contribution in [3.63, 3.8) is 0 Å². The van der Waals surface area contributed by atoms with Crippen molar-refractivity contribution in [2.75, 3.05) is 7.05 Å². The number of rotatable bonds is 4. The molecule has 0 spiro atoms. The zero-order valence-corrected chi connectivity index (χ0v) is 9.78. The maximum Gasteiger partial charge on any atom is 0.233 e. The number of nitrogens with one attached hydrogen (secondary N) is 1. The third-order valence-electron chi connectivity index (χ3n) is 2.89. The van der Waals surface area contributed by atoms with Crippen LogP contribution < -0.4 is 10.1 Å². The minimum atomic E-state index is 0.346. The van der Waals surface area contributed by atoms with Gasteiger partial charge in [-0.25, -0.2) is 0 Å². The fourth-order valence-corrected chi connectivity index (χ4v) is 2.04. The lowest BCUT2D eigenvalue weighted by Gasteiger charge is -2.21. The van der Waals surface area contributed by atoms with Crippen LogP contribution in [0.1, 0.15) is 37.8 Å². The molecule has 1 aromatic heterocycles. The summed E-state index contributed by atoms with van der Waals surface area (Å²) in [6.07, 6.45) is 6.54. The lowest BCUT2D eigenvalue weighted by atomic mass is 9.98. The van der Waals surface area contributed by atoms with Crippen molar-refractivity contribution in [1.82, 2.24) is 15.5 Å². The first-order chi connectivity index (χ1) is 7.88. The molecule has 1 aromatic rings. The van der Waals surface area contributed by atoms with Crippen molar-refractivity contribution in [2.45, 2.75) is 44.8 Å². The van der Waals surface area contributed by atoms with Gasteiger partial charge in [0, 0.05) is 12.6 Å². The predicted octanol–water partition coefficient (Wildman–Crippen LogP) is 1.91. The molecule has 16 heavy (non-hydrogen) atoms. The van der Waals surface area contributed by atoms with Crippen LogP contribution in [0.3, 0.4) is 0 Å². The van der Waals surface area contributed by atoms with Crippen LogP contribution in [-0.4, -0.2) is 23.3 Å². The summed E-state index contributed by atoms with van der Waals surface area (Å²) in [5, 5.41) is 11.2. The summed E-state index contributed by atoms with van der Waals surface area (Å²) in [5.74, 6) is 0.659. The van der Waals surface area contributed by atoms with E-state index in [1.165, 1.54) is 19.3 Å². The van der Waals surface area contributed by atoms with Gasteiger partial charge in [-0.1, -0.05) is 6.42 Å². The average molecular weight is 221 g/mol. The highest BCUT2D eigenvalue weighted by molar-refractivity contribution is 5.11. The summed E-state index contributed by atoms with van der Waals surface area (Å²) in [4.78, 5) is 0. The molecule has 4 nitrogen and oxygen atoms in total. The molecule has 1 N–H and O–H groups in total. The number of aromatic nitrogens is 2. The van der Waals surface area contributed by atoms with Gasteiger partial charge < -0.3 is 10.1 Å². The molecule has 0 unspecified atom stereocenters. The molecule has 0 aromatic carbocycles.